The molecule has 0 fully saturated rings. The highest BCUT2D eigenvalue weighted by molar-refractivity contribution is 7.08. The summed E-state index contributed by atoms with van der Waals surface area (Å²) in [7, 11) is 1.78. The van der Waals surface area contributed by atoms with Gasteiger partial charge in [-0.25, -0.2) is 4.98 Å². The Morgan fingerprint density at radius 1 is 1.33 bits per heavy atom. The zero-order valence-electron chi connectivity index (χ0n) is 7.92. The monoisotopic (exact) mass is 258 g/mol. The van der Waals surface area contributed by atoms with E-state index in [1.165, 1.54) is 0 Å². The van der Waals surface area contributed by atoms with Crippen LogP contribution in [-0.2, 0) is 0 Å². The zero-order chi connectivity index (χ0) is 10.8. The summed E-state index contributed by atoms with van der Waals surface area (Å²) in [5.41, 5.74) is 1.77. The van der Waals surface area contributed by atoms with Crippen LogP contribution in [0.3, 0.4) is 0 Å². The van der Waals surface area contributed by atoms with E-state index in [1.807, 2.05) is 16.8 Å². The summed E-state index contributed by atoms with van der Waals surface area (Å²) < 4.78 is 0. The highest BCUT2D eigenvalue weighted by Gasteiger charge is 2.10. The predicted octanol–water partition coefficient (Wildman–Crippen LogP) is 4.16. The van der Waals surface area contributed by atoms with Gasteiger partial charge in [-0.05, 0) is 17.5 Å². The number of anilines is 1. The van der Waals surface area contributed by atoms with Crippen LogP contribution in [0.2, 0.25) is 10.0 Å². The van der Waals surface area contributed by atoms with E-state index in [4.69, 9.17) is 23.2 Å². The molecule has 2 nitrogen and oxygen atoms in total. The predicted molar refractivity (Wildman–Crippen MR) is 67.1 cm³/mol. The van der Waals surface area contributed by atoms with Gasteiger partial charge in [0.25, 0.3) is 0 Å². The maximum Gasteiger partial charge on any atom is 0.145 e. The normalized spacial score (nSPS) is 10.3. The van der Waals surface area contributed by atoms with Crippen molar-refractivity contribution in [3.05, 3.63) is 32.9 Å². The molecule has 2 rings (SSSR count). The van der Waals surface area contributed by atoms with Crippen LogP contribution in [0.1, 0.15) is 0 Å². The molecule has 0 bridgehead atoms. The average molecular weight is 259 g/mol. The Morgan fingerprint density at radius 3 is 2.73 bits per heavy atom. The highest BCUT2D eigenvalue weighted by atomic mass is 35.5. The number of aromatic nitrogens is 1. The van der Waals surface area contributed by atoms with E-state index in [0.29, 0.717) is 15.9 Å². The first-order valence-corrected chi connectivity index (χ1v) is 5.98. The van der Waals surface area contributed by atoms with Gasteiger partial charge in [0.05, 0.1) is 15.7 Å². The van der Waals surface area contributed by atoms with Crippen LogP contribution < -0.4 is 5.32 Å². The number of pyridine rings is 1. The number of thiophene rings is 1. The molecule has 0 unspecified atom stereocenters. The lowest BCUT2D eigenvalue weighted by molar-refractivity contribution is 1.29. The molecular formula is C10H8Cl2N2S. The summed E-state index contributed by atoms with van der Waals surface area (Å²) in [6.07, 6.45) is 0. The van der Waals surface area contributed by atoms with Crippen molar-refractivity contribution in [1.29, 1.82) is 0 Å². The number of nitrogens with zero attached hydrogens (tertiary/aromatic N) is 1. The van der Waals surface area contributed by atoms with Crippen molar-refractivity contribution < 1.29 is 0 Å². The quantitative estimate of drug-likeness (QED) is 0.875. The Morgan fingerprint density at radius 2 is 2.13 bits per heavy atom. The van der Waals surface area contributed by atoms with Crippen LogP contribution in [-0.4, -0.2) is 12.0 Å². The second kappa shape index (κ2) is 4.39. The summed E-state index contributed by atoms with van der Waals surface area (Å²) in [6, 6.07) is 3.68. The Bertz CT molecular complexity index is 469. The van der Waals surface area contributed by atoms with Gasteiger partial charge in [0.2, 0.25) is 0 Å². The minimum Gasteiger partial charge on any atom is -0.372 e. The highest BCUT2D eigenvalue weighted by Crippen LogP contribution is 2.32. The lowest BCUT2D eigenvalue weighted by atomic mass is 10.2. The molecule has 2 heterocycles. The molecule has 0 saturated heterocycles. The van der Waals surface area contributed by atoms with Gasteiger partial charge in [-0.15, -0.1) is 0 Å². The number of hydrogen-bond donors (Lipinski definition) is 1. The second-order valence-electron chi connectivity index (χ2n) is 2.91. The molecule has 2 aromatic rings. The van der Waals surface area contributed by atoms with E-state index in [9.17, 15) is 0 Å². The van der Waals surface area contributed by atoms with Crippen molar-refractivity contribution in [1.82, 2.24) is 4.98 Å². The van der Waals surface area contributed by atoms with Crippen molar-refractivity contribution in [2.75, 3.05) is 12.4 Å². The smallest absolute Gasteiger partial charge is 0.145 e. The Balaban J connectivity index is 2.57. The van der Waals surface area contributed by atoms with E-state index >= 15 is 0 Å². The first-order chi connectivity index (χ1) is 7.22. The molecule has 0 spiro atoms. The third-order valence-corrected chi connectivity index (χ3v) is 3.22. The topological polar surface area (TPSA) is 24.9 Å². The van der Waals surface area contributed by atoms with Crippen molar-refractivity contribution in [2.24, 2.45) is 0 Å². The number of nitrogens with one attached hydrogen (secondary N) is 1. The SMILES string of the molecule is CNc1nc(-c2ccsc2)c(Cl)cc1Cl. The lowest BCUT2D eigenvalue weighted by Gasteiger charge is -2.07. The van der Waals surface area contributed by atoms with Crippen molar-refractivity contribution in [3.8, 4) is 11.3 Å². The van der Waals surface area contributed by atoms with Crippen LogP contribution in [0.15, 0.2) is 22.9 Å². The van der Waals surface area contributed by atoms with Crippen LogP contribution in [0.25, 0.3) is 11.3 Å². The fourth-order valence-electron chi connectivity index (χ4n) is 1.24. The molecule has 0 radical (unpaired) electrons. The molecule has 0 aliphatic heterocycles. The van der Waals surface area contributed by atoms with Crippen LogP contribution >= 0.6 is 34.5 Å². The van der Waals surface area contributed by atoms with Gasteiger partial charge in [0.1, 0.15) is 5.82 Å². The maximum absolute atomic E-state index is 6.08. The van der Waals surface area contributed by atoms with Crippen molar-refractivity contribution in [3.63, 3.8) is 0 Å². The minimum atomic E-state index is 0.529. The average Bonchev–Trinajstić information content (AvgIpc) is 2.71. The number of halogens is 2. The largest absolute Gasteiger partial charge is 0.372 e. The first-order valence-electron chi connectivity index (χ1n) is 4.28. The second-order valence-corrected chi connectivity index (χ2v) is 4.51. The Kier molecular flexibility index (Phi) is 3.14. The van der Waals surface area contributed by atoms with Gasteiger partial charge >= 0.3 is 0 Å². The van der Waals surface area contributed by atoms with Crippen LogP contribution in [0, 0.1) is 0 Å². The molecule has 0 aliphatic rings. The maximum atomic E-state index is 6.08. The minimum absolute atomic E-state index is 0.529. The molecule has 15 heavy (non-hydrogen) atoms. The molecule has 0 aliphatic carbocycles. The third-order valence-electron chi connectivity index (χ3n) is 1.96. The summed E-state index contributed by atoms with van der Waals surface area (Å²) in [5, 5.41) is 8.01. The van der Waals surface area contributed by atoms with Crippen molar-refractivity contribution in [2.45, 2.75) is 0 Å². The molecule has 78 valence electrons. The lowest BCUT2D eigenvalue weighted by Crippen LogP contribution is -1.95. The number of rotatable bonds is 2. The van der Waals surface area contributed by atoms with Gasteiger partial charge in [0, 0.05) is 18.0 Å². The Hall–Kier alpha value is -0.770. The van der Waals surface area contributed by atoms with E-state index in [1.54, 1.807) is 24.5 Å². The molecule has 0 saturated carbocycles. The molecule has 0 amide bonds. The molecule has 2 aromatic heterocycles. The number of hydrogen-bond acceptors (Lipinski definition) is 3. The van der Waals surface area contributed by atoms with Crippen LogP contribution in [0.5, 0.6) is 0 Å². The fourth-order valence-corrected chi connectivity index (χ4v) is 2.45. The van der Waals surface area contributed by atoms with Gasteiger partial charge in [0.15, 0.2) is 0 Å². The fraction of sp³-hybridized carbons (Fsp3) is 0.100. The third kappa shape index (κ3) is 2.09. The van der Waals surface area contributed by atoms with Crippen molar-refractivity contribution >= 4 is 40.4 Å². The van der Waals surface area contributed by atoms with Gasteiger partial charge in [-0.2, -0.15) is 11.3 Å². The Labute approximate surface area is 102 Å². The van der Waals surface area contributed by atoms with E-state index in [0.717, 1.165) is 11.3 Å². The molecule has 5 heteroatoms. The molecule has 0 atom stereocenters. The van der Waals surface area contributed by atoms with Gasteiger partial charge < -0.3 is 5.32 Å². The summed E-state index contributed by atoms with van der Waals surface area (Å²) in [5.74, 6) is 0.641. The molecule has 0 aromatic carbocycles. The van der Waals surface area contributed by atoms with E-state index in [2.05, 4.69) is 10.3 Å². The van der Waals surface area contributed by atoms with E-state index in [-0.39, 0.29) is 0 Å². The van der Waals surface area contributed by atoms with Gasteiger partial charge in [-0.3, -0.25) is 0 Å². The van der Waals surface area contributed by atoms with E-state index < -0.39 is 0 Å². The zero-order valence-corrected chi connectivity index (χ0v) is 10.2. The molecular weight excluding hydrogens is 251 g/mol. The standard InChI is InChI=1S/C10H8Cl2N2S/c1-13-10-8(12)4-7(11)9(14-10)6-2-3-15-5-6/h2-5H,1H3,(H,13,14). The van der Waals surface area contributed by atoms with Crippen LogP contribution in [0.4, 0.5) is 5.82 Å². The first kappa shape index (κ1) is 10.7. The summed E-state index contributed by atoms with van der Waals surface area (Å²) >= 11 is 13.6. The summed E-state index contributed by atoms with van der Waals surface area (Å²) in [4.78, 5) is 4.36. The van der Waals surface area contributed by atoms with Gasteiger partial charge in [-0.1, -0.05) is 23.2 Å². The molecule has 1 N–H and O–H groups in total. The summed E-state index contributed by atoms with van der Waals surface area (Å²) in [6.45, 7) is 0.